The molecule has 0 bridgehead atoms. The van der Waals surface area contributed by atoms with Gasteiger partial charge in [0.2, 0.25) is 5.91 Å². The molecule has 116 valence electrons. The SMILES string of the molecule is CCN(CC1CCCS1)C(=O)CCC1CCCCC1C. The zero-order valence-corrected chi connectivity index (χ0v) is 14.1. The van der Waals surface area contributed by atoms with E-state index >= 15 is 0 Å². The van der Waals surface area contributed by atoms with Gasteiger partial charge in [-0.25, -0.2) is 0 Å². The number of amides is 1. The number of hydrogen-bond acceptors (Lipinski definition) is 2. The van der Waals surface area contributed by atoms with Crippen LogP contribution in [0.15, 0.2) is 0 Å². The summed E-state index contributed by atoms with van der Waals surface area (Å²) in [6.07, 6.45) is 10.0. The first kappa shape index (κ1) is 16.2. The molecular formula is C17H31NOS. The van der Waals surface area contributed by atoms with Crippen LogP contribution in [0.2, 0.25) is 0 Å². The second kappa shape index (κ2) is 8.31. The predicted octanol–water partition coefficient (Wildman–Crippen LogP) is 4.34. The fourth-order valence-corrected chi connectivity index (χ4v) is 5.02. The summed E-state index contributed by atoms with van der Waals surface area (Å²) in [4.78, 5) is 14.5. The van der Waals surface area contributed by atoms with Gasteiger partial charge in [0, 0.05) is 24.8 Å². The van der Waals surface area contributed by atoms with Crippen molar-refractivity contribution in [3.63, 3.8) is 0 Å². The molecule has 0 radical (unpaired) electrons. The molecule has 0 aromatic carbocycles. The molecule has 2 nitrogen and oxygen atoms in total. The molecule has 1 saturated heterocycles. The Morgan fingerprint density at radius 3 is 2.65 bits per heavy atom. The van der Waals surface area contributed by atoms with Crippen molar-refractivity contribution in [1.82, 2.24) is 4.90 Å². The Hall–Kier alpha value is -0.180. The Labute approximate surface area is 129 Å². The summed E-state index contributed by atoms with van der Waals surface area (Å²) < 4.78 is 0. The quantitative estimate of drug-likeness (QED) is 0.727. The topological polar surface area (TPSA) is 20.3 Å². The molecular weight excluding hydrogens is 266 g/mol. The summed E-state index contributed by atoms with van der Waals surface area (Å²) >= 11 is 2.06. The van der Waals surface area contributed by atoms with Gasteiger partial charge in [-0.15, -0.1) is 0 Å². The lowest BCUT2D eigenvalue weighted by molar-refractivity contribution is -0.131. The van der Waals surface area contributed by atoms with Crippen LogP contribution in [0.25, 0.3) is 0 Å². The molecule has 1 saturated carbocycles. The second-order valence-electron chi connectivity index (χ2n) is 6.63. The van der Waals surface area contributed by atoms with Gasteiger partial charge in [-0.1, -0.05) is 32.6 Å². The fourth-order valence-electron chi connectivity index (χ4n) is 3.73. The highest BCUT2D eigenvalue weighted by Crippen LogP contribution is 2.33. The normalized spacial score (nSPS) is 30.4. The van der Waals surface area contributed by atoms with E-state index in [0.29, 0.717) is 11.2 Å². The number of rotatable bonds is 6. The van der Waals surface area contributed by atoms with E-state index in [1.807, 2.05) is 0 Å². The van der Waals surface area contributed by atoms with Gasteiger partial charge in [-0.3, -0.25) is 4.79 Å². The van der Waals surface area contributed by atoms with Crippen molar-refractivity contribution in [1.29, 1.82) is 0 Å². The van der Waals surface area contributed by atoms with Crippen LogP contribution in [0.4, 0.5) is 0 Å². The monoisotopic (exact) mass is 297 g/mol. The third-order valence-corrected chi connectivity index (χ3v) is 6.58. The molecule has 0 N–H and O–H groups in total. The zero-order chi connectivity index (χ0) is 14.4. The maximum Gasteiger partial charge on any atom is 0.222 e. The average Bonchev–Trinajstić information content (AvgIpc) is 2.96. The summed E-state index contributed by atoms with van der Waals surface area (Å²) in [5.74, 6) is 3.32. The minimum Gasteiger partial charge on any atom is -0.342 e. The lowest BCUT2D eigenvalue weighted by Gasteiger charge is -2.30. The summed E-state index contributed by atoms with van der Waals surface area (Å²) in [6.45, 7) is 6.37. The first-order valence-corrected chi connectivity index (χ1v) is 9.65. The predicted molar refractivity (Wildman–Crippen MR) is 88.1 cm³/mol. The molecule has 1 amide bonds. The highest BCUT2D eigenvalue weighted by Gasteiger charge is 2.24. The van der Waals surface area contributed by atoms with Gasteiger partial charge in [0.1, 0.15) is 0 Å². The number of carbonyl (C=O) groups excluding carboxylic acids is 1. The molecule has 1 aliphatic heterocycles. The van der Waals surface area contributed by atoms with Crippen molar-refractivity contribution in [3.8, 4) is 0 Å². The third-order valence-electron chi connectivity index (χ3n) is 5.20. The minimum atomic E-state index is 0.401. The van der Waals surface area contributed by atoms with E-state index < -0.39 is 0 Å². The van der Waals surface area contributed by atoms with Crippen LogP contribution in [0.5, 0.6) is 0 Å². The number of carbonyl (C=O) groups is 1. The molecule has 2 rings (SSSR count). The minimum absolute atomic E-state index is 0.401. The van der Waals surface area contributed by atoms with Crippen molar-refractivity contribution < 1.29 is 4.79 Å². The first-order valence-electron chi connectivity index (χ1n) is 8.60. The van der Waals surface area contributed by atoms with Crippen molar-refractivity contribution >= 4 is 17.7 Å². The molecule has 0 aromatic heterocycles. The van der Waals surface area contributed by atoms with Gasteiger partial charge in [0.05, 0.1) is 0 Å². The van der Waals surface area contributed by atoms with Gasteiger partial charge in [0.25, 0.3) is 0 Å². The van der Waals surface area contributed by atoms with E-state index in [1.54, 1.807) is 0 Å². The van der Waals surface area contributed by atoms with Gasteiger partial charge in [-0.2, -0.15) is 11.8 Å². The Morgan fingerprint density at radius 2 is 2.00 bits per heavy atom. The fraction of sp³-hybridized carbons (Fsp3) is 0.941. The molecule has 2 aliphatic rings. The van der Waals surface area contributed by atoms with E-state index in [1.165, 1.54) is 44.3 Å². The third kappa shape index (κ3) is 4.68. The molecule has 3 atom stereocenters. The zero-order valence-electron chi connectivity index (χ0n) is 13.3. The van der Waals surface area contributed by atoms with E-state index in [0.717, 1.165) is 37.8 Å². The van der Waals surface area contributed by atoms with E-state index in [4.69, 9.17) is 0 Å². The van der Waals surface area contributed by atoms with Crippen LogP contribution in [-0.2, 0) is 4.79 Å². The molecule has 1 heterocycles. The number of hydrogen-bond donors (Lipinski definition) is 0. The first-order chi connectivity index (χ1) is 9.70. The van der Waals surface area contributed by atoms with Crippen LogP contribution in [0.1, 0.15) is 65.2 Å². The Balaban J connectivity index is 1.73. The van der Waals surface area contributed by atoms with E-state index in [2.05, 4.69) is 30.5 Å². The van der Waals surface area contributed by atoms with E-state index in [-0.39, 0.29) is 0 Å². The van der Waals surface area contributed by atoms with Crippen molar-refractivity contribution in [2.45, 2.75) is 70.5 Å². The summed E-state index contributed by atoms with van der Waals surface area (Å²) in [5, 5.41) is 0.701. The van der Waals surface area contributed by atoms with Crippen molar-refractivity contribution in [3.05, 3.63) is 0 Å². The number of thioether (sulfide) groups is 1. The maximum atomic E-state index is 12.4. The van der Waals surface area contributed by atoms with Crippen LogP contribution in [-0.4, -0.2) is 34.9 Å². The Morgan fingerprint density at radius 1 is 1.20 bits per heavy atom. The van der Waals surface area contributed by atoms with Gasteiger partial charge in [-0.05, 0) is 43.8 Å². The molecule has 3 unspecified atom stereocenters. The van der Waals surface area contributed by atoms with Gasteiger partial charge in [0.15, 0.2) is 0 Å². The largest absolute Gasteiger partial charge is 0.342 e. The van der Waals surface area contributed by atoms with E-state index in [9.17, 15) is 4.79 Å². The van der Waals surface area contributed by atoms with Gasteiger partial charge < -0.3 is 4.90 Å². The Kier molecular flexibility index (Phi) is 6.73. The highest BCUT2D eigenvalue weighted by molar-refractivity contribution is 8.00. The van der Waals surface area contributed by atoms with Gasteiger partial charge >= 0.3 is 0 Å². The molecule has 1 aliphatic carbocycles. The summed E-state index contributed by atoms with van der Waals surface area (Å²) in [7, 11) is 0. The Bertz CT molecular complexity index is 301. The average molecular weight is 298 g/mol. The lowest BCUT2D eigenvalue weighted by atomic mass is 9.78. The second-order valence-corrected chi connectivity index (χ2v) is 8.04. The van der Waals surface area contributed by atoms with Crippen molar-refractivity contribution in [2.24, 2.45) is 11.8 Å². The highest BCUT2D eigenvalue weighted by atomic mass is 32.2. The smallest absolute Gasteiger partial charge is 0.222 e. The maximum absolute atomic E-state index is 12.4. The lowest BCUT2D eigenvalue weighted by Crippen LogP contribution is -2.36. The number of nitrogens with zero attached hydrogens (tertiary/aromatic N) is 1. The van der Waals surface area contributed by atoms with Crippen LogP contribution in [0, 0.1) is 11.8 Å². The molecule has 2 fully saturated rings. The molecule has 0 aromatic rings. The molecule has 3 heteroatoms. The molecule has 20 heavy (non-hydrogen) atoms. The van der Waals surface area contributed by atoms with Crippen LogP contribution >= 0.6 is 11.8 Å². The van der Waals surface area contributed by atoms with Crippen LogP contribution < -0.4 is 0 Å². The van der Waals surface area contributed by atoms with Crippen molar-refractivity contribution in [2.75, 3.05) is 18.8 Å². The summed E-state index contributed by atoms with van der Waals surface area (Å²) in [6, 6.07) is 0. The molecule has 0 spiro atoms. The standard InChI is InChI=1S/C17H31NOS/c1-3-18(13-16-9-6-12-20-16)17(19)11-10-15-8-5-4-7-14(15)2/h14-16H,3-13H2,1-2H3. The summed E-state index contributed by atoms with van der Waals surface area (Å²) in [5.41, 5.74) is 0. The van der Waals surface area contributed by atoms with Crippen LogP contribution in [0.3, 0.4) is 0 Å².